The summed E-state index contributed by atoms with van der Waals surface area (Å²) in [7, 11) is 0. The molecular formula is C9H16O. The molecule has 10 heavy (non-hydrogen) atoms. The quantitative estimate of drug-likeness (QED) is 0.542. The molecule has 0 saturated carbocycles. The zero-order valence-corrected chi connectivity index (χ0v) is 6.84. The molecular weight excluding hydrogens is 124 g/mol. The first-order valence-corrected chi connectivity index (χ1v) is 4.43. The highest BCUT2D eigenvalue weighted by molar-refractivity contribution is 4.90. The van der Waals surface area contributed by atoms with Crippen molar-refractivity contribution in [3.63, 3.8) is 0 Å². The van der Waals surface area contributed by atoms with Crippen molar-refractivity contribution in [2.75, 3.05) is 0 Å². The van der Waals surface area contributed by atoms with Crippen molar-refractivity contribution in [2.45, 2.75) is 45.3 Å². The monoisotopic (exact) mass is 140 g/mol. The van der Waals surface area contributed by atoms with Crippen molar-refractivity contribution in [3.8, 4) is 0 Å². The van der Waals surface area contributed by atoms with E-state index >= 15 is 0 Å². The lowest BCUT2D eigenvalue weighted by atomic mass is 9.82. The van der Waals surface area contributed by atoms with Crippen LogP contribution >= 0.6 is 0 Å². The molecule has 2 saturated heterocycles. The highest BCUT2D eigenvalue weighted by atomic mass is 16.5. The number of hydrogen-bond acceptors (Lipinski definition) is 1. The van der Waals surface area contributed by atoms with Crippen LogP contribution in [-0.2, 0) is 4.74 Å². The van der Waals surface area contributed by atoms with Crippen LogP contribution < -0.4 is 0 Å². The van der Waals surface area contributed by atoms with Gasteiger partial charge in [0.1, 0.15) is 0 Å². The summed E-state index contributed by atoms with van der Waals surface area (Å²) in [5, 5.41) is 0. The molecule has 0 amide bonds. The molecule has 0 spiro atoms. The maximum Gasteiger partial charge on any atom is 0.0611 e. The Balaban J connectivity index is 2.02. The van der Waals surface area contributed by atoms with Gasteiger partial charge in [0.05, 0.1) is 12.2 Å². The molecule has 2 bridgehead atoms. The Morgan fingerprint density at radius 2 is 2.10 bits per heavy atom. The Bertz CT molecular complexity index is 131. The SMILES string of the molecule is CC(C)C1CC2CCC1O2. The average Bonchev–Trinajstić information content (AvgIpc) is 2.44. The molecule has 3 atom stereocenters. The van der Waals surface area contributed by atoms with Crippen LogP contribution in [0.4, 0.5) is 0 Å². The van der Waals surface area contributed by atoms with Crippen molar-refractivity contribution in [2.24, 2.45) is 11.8 Å². The lowest BCUT2D eigenvalue weighted by molar-refractivity contribution is 0.0851. The predicted octanol–water partition coefficient (Wildman–Crippen LogP) is 2.21. The fourth-order valence-electron chi connectivity index (χ4n) is 2.38. The van der Waals surface area contributed by atoms with Gasteiger partial charge in [-0.1, -0.05) is 13.8 Å². The van der Waals surface area contributed by atoms with Gasteiger partial charge in [-0.25, -0.2) is 0 Å². The van der Waals surface area contributed by atoms with Crippen LogP contribution in [0, 0.1) is 11.8 Å². The molecule has 0 aromatic heterocycles. The molecule has 2 heterocycles. The Labute approximate surface area is 62.8 Å². The first-order chi connectivity index (χ1) is 4.77. The zero-order valence-electron chi connectivity index (χ0n) is 6.84. The van der Waals surface area contributed by atoms with Crippen LogP contribution in [0.25, 0.3) is 0 Å². The molecule has 0 aromatic carbocycles. The molecule has 2 aliphatic heterocycles. The summed E-state index contributed by atoms with van der Waals surface area (Å²) in [4.78, 5) is 0. The fourth-order valence-corrected chi connectivity index (χ4v) is 2.38. The predicted molar refractivity (Wildman–Crippen MR) is 40.8 cm³/mol. The molecule has 0 aliphatic carbocycles. The number of rotatable bonds is 1. The minimum Gasteiger partial charge on any atom is -0.375 e. The highest BCUT2D eigenvalue weighted by Gasteiger charge is 2.41. The van der Waals surface area contributed by atoms with Gasteiger partial charge in [0.15, 0.2) is 0 Å². The molecule has 0 N–H and O–H groups in total. The van der Waals surface area contributed by atoms with E-state index in [-0.39, 0.29) is 0 Å². The minimum atomic E-state index is 0.630. The van der Waals surface area contributed by atoms with Gasteiger partial charge in [0, 0.05) is 0 Å². The topological polar surface area (TPSA) is 9.23 Å². The lowest BCUT2D eigenvalue weighted by Gasteiger charge is -2.21. The summed E-state index contributed by atoms with van der Waals surface area (Å²) in [6.07, 6.45) is 5.26. The Morgan fingerprint density at radius 1 is 1.30 bits per heavy atom. The summed E-state index contributed by atoms with van der Waals surface area (Å²) in [6, 6.07) is 0. The first-order valence-electron chi connectivity index (χ1n) is 4.43. The number of fused-ring (bicyclic) bond motifs is 2. The molecule has 0 aromatic rings. The molecule has 1 nitrogen and oxygen atoms in total. The van der Waals surface area contributed by atoms with E-state index in [1.54, 1.807) is 0 Å². The average molecular weight is 140 g/mol. The first kappa shape index (κ1) is 6.66. The molecule has 3 unspecified atom stereocenters. The lowest BCUT2D eigenvalue weighted by Crippen LogP contribution is -2.21. The van der Waals surface area contributed by atoms with Gasteiger partial charge < -0.3 is 4.74 Å². The van der Waals surface area contributed by atoms with Gasteiger partial charge in [0.25, 0.3) is 0 Å². The second kappa shape index (κ2) is 2.23. The molecule has 1 heteroatoms. The maximum absolute atomic E-state index is 5.75. The summed E-state index contributed by atoms with van der Waals surface area (Å²) >= 11 is 0. The largest absolute Gasteiger partial charge is 0.375 e. The van der Waals surface area contributed by atoms with Crippen molar-refractivity contribution in [1.29, 1.82) is 0 Å². The molecule has 0 radical (unpaired) electrons. The summed E-state index contributed by atoms with van der Waals surface area (Å²) in [5.74, 6) is 1.70. The third-order valence-corrected chi connectivity index (χ3v) is 3.01. The second-order valence-electron chi connectivity index (χ2n) is 4.02. The third-order valence-electron chi connectivity index (χ3n) is 3.01. The Hall–Kier alpha value is -0.0400. The number of ether oxygens (including phenoxy) is 1. The van der Waals surface area contributed by atoms with E-state index in [9.17, 15) is 0 Å². The van der Waals surface area contributed by atoms with Gasteiger partial charge >= 0.3 is 0 Å². The van der Waals surface area contributed by atoms with E-state index in [0.717, 1.165) is 11.8 Å². The smallest absolute Gasteiger partial charge is 0.0611 e. The van der Waals surface area contributed by atoms with Crippen LogP contribution in [0.1, 0.15) is 33.1 Å². The van der Waals surface area contributed by atoms with Crippen molar-refractivity contribution in [1.82, 2.24) is 0 Å². The zero-order chi connectivity index (χ0) is 7.14. The van der Waals surface area contributed by atoms with E-state index < -0.39 is 0 Å². The van der Waals surface area contributed by atoms with Crippen molar-refractivity contribution < 1.29 is 4.74 Å². The van der Waals surface area contributed by atoms with Gasteiger partial charge in [-0.15, -0.1) is 0 Å². The molecule has 58 valence electrons. The molecule has 2 aliphatic rings. The van der Waals surface area contributed by atoms with Crippen molar-refractivity contribution >= 4 is 0 Å². The van der Waals surface area contributed by atoms with Crippen molar-refractivity contribution in [3.05, 3.63) is 0 Å². The van der Waals surface area contributed by atoms with E-state index in [2.05, 4.69) is 13.8 Å². The van der Waals surface area contributed by atoms with E-state index in [1.807, 2.05) is 0 Å². The second-order valence-corrected chi connectivity index (χ2v) is 4.02. The van der Waals surface area contributed by atoms with Crippen LogP contribution in [0.2, 0.25) is 0 Å². The highest BCUT2D eigenvalue weighted by Crippen LogP contribution is 2.41. The summed E-state index contributed by atoms with van der Waals surface area (Å²) in [5.41, 5.74) is 0. The Kier molecular flexibility index (Phi) is 1.48. The van der Waals surface area contributed by atoms with E-state index in [0.29, 0.717) is 12.2 Å². The van der Waals surface area contributed by atoms with Crippen LogP contribution in [0.15, 0.2) is 0 Å². The molecule has 2 fully saturated rings. The van der Waals surface area contributed by atoms with Gasteiger partial charge in [-0.2, -0.15) is 0 Å². The summed E-state index contributed by atoms with van der Waals surface area (Å²) < 4.78 is 5.75. The van der Waals surface area contributed by atoms with E-state index in [1.165, 1.54) is 19.3 Å². The van der Waals surface area contributed by atoms with Gasteiger partial charge in [0.2, 0.25) is 0 Å². The number of hydrogen-bond donors (Lipinski definition) is 0. The standard InChI is InChI=1S/C9H16O/c1-6(2)8-5-7-3-4-9(8)10-7/h6-9H,3-5H2,1-2H3. The van der Waals surface area contributed by atoms with Gasteiger partial charge in [-0.3, -0.25) is 0 Å². The third kappa shape index (κ3) is 0.878. The fraction of sp³-hybridized carbons (Fsp3) is 1.00. The van der Waals surface area contributed by atoms with Crippen LogP contribution in [0.3, 0.4) is 0 Å². The normalized spacial score (nSPS) is 45.3. The minimum absolute atomic E-state index is 0.630. The van der Waals surface area contributed by atoms with Crippen LogP contribution in [0.5, 0.6) is 0 Å². The van der Waals surface area contributed by atoms with Gasteiger partial charge in [-0.05, 0) is 31.1 Å². The van der Waals surface area contributed by atoms with Crippen LogP contribution in [-0.4, -0.2) is 12.2 Å². The summed E-state index contributed by atoms with van der Waals surface area (Å²) in [6.45, 7) is 4.63. The van der Waals surface area contributed by atoms with E-state index in [4.69, 9.17) is 4.74 Å². The maximum atomic E-state index is 5.75. The Morgan fingerprint density at radius 3 is 2.40 bits per heavy atom. The molecule has 2 rings (SSSR count).